The van der Waals surface area contributed by atoms with Crippen LogP contribution in [0, 0.1) is 6.92 Å². The van der Waals surface area contributed by atoms with Gasteiger partial charge in [0, 0.05) is 18.8 Å². The van der Waals surface area contributed by atoms with E-state index in [4.69, 9.17) is 4.74 Å². The van der Waals surface area contributed by atoms with Crippen LogP contribution in [-0.4, -0.2) is 24.2 Å². The molecule has 0 radical (unpaired) electrons. The van der Waals surface area contributed by atoms with E-state index < -0.39 is 0 Å². The van der Waals surface area contributed by atoms with E-state index in [0.29, 0.717) is 12.6 Å². The zero-order chi connectivity index (χ0) is 11.9. The highest BCUT2D eigenvalue weighted by atomic mass is 16.5. The highest BCUT2D eigenvalue weighted by molar-refractivity contribution is 5.16. The average Bonchev–Trinajstić information content (AvgIpc) is 2.38. The van der Waals surface area contributed by atoms with E-state index in [1.54, 1.807) is 0 Å². The first-order chi connectivity index (χ1) is 8.36. The third-order valence-electron chi connectivity index (χ3n) is 3.38. The van der Waals surface area contributed by atoms with Crippen LogP contribution in [0.25, 0.3) is 0 Å². The Bertz CT molecular complexity index is 335. The number of piperidine rings is 1. The number of nitrogens with one attached hydrogen (secondary N) is 1. The average molecular weight is 234 g/mol. The van der Waals surface area contributed by atoms with E-state index >= 15 is 0 Å². The monoisotopic (exact) mass is 234 g/mol. The number of ether oxygens (including phenoxy) is 1. The summed E-state index contributed by atoms with van der Waals surface area (Å²) in [7, 11) is 0. The molecule has 1 unspecified atom stereocenters. The van der Waals surface area contributed by atoms with Gasteiger partial charge in [-0.25, -0.2) is 0 Å². The number of hydrogen-bond donors (Lipinski definition) is 1. The van der Waals surface area contributed by atoms with Crippen LogP contribution in [0.5, 0.6) is 0 Å². The molecule has 3 heteroatoms. The van der Waals surface area contributed by atoms with Gasteiger partial charge in [0.2, 0.25) is 0 Å². The third-order valence-corrected chi connectivity index (χ3v) is 3.38. The Hall–Kier alpha value is -0.930. The maximum Gasteiger partial charge on any atom is 0.0890 e. The third kappa shape index (κ3) is 4.10. The molecule has 3 nitrogen and oxygen atoms in total. The first-order valence-electron chi connectivity index (χ1n) is 6.58. The van der Waals surface area contributed by atoms with E-state index in [2.05, 4.69) is 23.3 Å². The van der Waals surface area contributed by atoms with E-state index in [1.807, 2.05) is 12.3 Å². The fourth-order valence-corrected chi connectivity index (χ4v) is 2.23. The summed E-state index contributed by atoms with van der Waals surface area (Å²) in [5.74, 6) is 0. The summed E-state index contributed by atoms with van der Waals surface area (Å²) < 4.78 is 5.70. The van der Waals surface area contributed by atoms with Crippen LogP contribution in [-0.2, 0) is 11.3 Å². The van der Waals surface area contributed by atoms with Crippen molar-refractivity contribution in [1.82, 2.24) is 10.3 Å². The lowest BCUT2D eigenvalue weighted by atomic mass is 10.0. The van der Waals surface area contributed by atoms with Crippen molar-refractivity contribution in [2.45, 2.75) is 45.3 Å². The first-order valence-corrected chi connectivity index (χ1v) is 6.58. The molecule has 17 heavy (non-hydrogen) atoms. The summed E-state index contributed by atoms with van der Waals surface area (Å²) >= 11 is 0. The van der Waals surface area contributed by atoms with Crippen molar-refractivity contribution in [1.29, 1.82) is 0 Å². The van der Waals surface area contributed by atoms with Gasteiger partial charge in [0.1, 0.15) is 0 Å². The van der Waals surface area contributed by atoms with E-state index in [-0.39, 0.29) is 0 Å². The summed E-state index contributed by atoms with van der Waals surface area (Å²) in [6.45, 7) is 4.71. The zero-order valence-electron chi connectivity index (χ0n) is 10.6. The maximum absolute atomic E-state index is 5.70. The fourth-order valence-electron chi connectivity index (χ4n) is 2.23. The molecule has 2 heterocycles. The van der Waals surface area contributed by atoms with Crippen molar-refractivity contribution in [2.75, 3.05) is 13.2 Å². The number of pyridine rings is 1. The fraction of sp³-hybridized carbons (Fsp3) is 0.643. The molecule has 1 saturated heterocycles. The molecule has 1 fully saturated rings. The predicted octanol–water partition coefficient (Wildman–Crippen LogP) is 2.44. The normalized spacial score (nSPS) is 20.4. The minimum atomic E-state index is 0.638. The van der Waals surface area contributed by atoms with Crippen LogP contribution in [0.2, 0.25) is 0 Å². The summed E-state index contributed by atoms with van der Waals surface area (Å²) in [6.07, 6.45) is 6.92. The lowest BCUT2D eigenvalue weighted by Crippen LogP contribution is -2.34. The number of nitrogens with zero attached hydrogens (tertiary/aromatic N) is 1. The van der Waals surface area contributed by atoms with Gasteiger partial charge in [0.25, 0.3) is 0 Å². The molecule has 0 amide bonds. The van der Waals surface area contributed by atoms with Gasteiger partial charge in [0.05, 0.1) is 12.3 Å². The SMILES string of the molecule is Cc1cccnc1COCCC1CCCCN1. The van der Waals surface area contributed by atoms with Gasteiger partial charge in [-0.3, -0.25) is 4.98 Å². The van der Waals surface area contributed by atoms with Crippen molar-refractivity contribution in [3.63, 3.8) is 0 Å². The molecule has 0 aliphatic carbocycles. The smallest absolute Gasteiger partial charge is 0.0890 e. The molecule has 94 valence electrons. The number of hydrogen-bond acceptors (Lipinski definition) is 3. The second-order valence-electron chi connectivity index (χ2n) is 4.76. The Morgan fingerprint density at radius 1 is 1.47 bits per heavy atom. The summed E-state index contributed by atoms with van der Waals surface area (Å²) in [6, 6.07) is 4.70. The molecular weight excluding hydrogens is 212 g/mol. The van der Waals surface area contributed by atoms with Crippen molar-refractivity contribution in [3.05, 3.63) is 29.6 Å². The van der Waals surface area contributed by atoms with Gasteiger partial charge in [-0.2, -0.15) is 0 Å². The molecule has 0 aromatic carbocycles. The maximum atomic E-state index is 5.70. The Morgan fingerprint density at radius 3 is 3.18 bits per heavy atom. The lowest BCUT2D eigenvalue weighted by Gasteiger charge is -2.23. The number of aryl methyl sites for hydroxylation is 1. The highest BCUT2D eigenvalue weighted by Crippen LogP contribution is 2.11. The molecule has 0 saturated carbocycles. The van der Waals surface area contributed by atoms with Crippen LogP contribution in [0.15, 0.2) is 18.3 Å². The number of aromatic nitrogens is 1. The molecule has 0 bridgehead atoms. The van der Waals surface area contributed by atoms with Crippen LogP contribution in [0.3, 0.4) is 0 Å². The van der Waals surface area contributed by atoms with E-state index in [0.717, 1.165) is 18.7 Å². The van der Waals surface area contributed by atoms with Gasteiger partial charge in [-0.1, -0.05) is 12.5 Å². The Morgan fingerprint density at radius 2 is 2.41 bits per heavy atom. The molecule has 1 aromatic rings. The predicted molar refractivity (Wildman–Crippen MR) is 68.9 cm³/mol. The Balaban J connectivity index is 1.64. The minimum absolute atomic E-state index is 0.638. The van der Waals surface area contributed by atoms with Crippen LogP contribution >= 0.6 is 0 Å². The van der Waals surface area contributed by atoms with Gasteiger partial charge >= 0.3 is 0 Å². The minimum Gasteiger partial charge on any atom is -0.375 e. The van der Waals surface area contributed by atoms with Crippen molar-refractivity contribution in [3.8, 4) is 0 Å². The van der Waals surface area contributed by atoms with Gasteiger partial charge < -0.3 is 10.1 Å². The van der Waals surface area contributed by atoms with Gasteiger partial charge in [0.15, 0.2) is 0 Å². The largest absolute Gasteiger partial charge is 0.375 e. The van der Waals surface area contributed by atoms with Gasteiger partial charge in [-0.15, -0.1) is 0 Å². The molecule has 2 rings (SSSR count). The highest BCUT2D eigenvalue weighted by Gasteiger charge is 2.11. The van der Waals surface area contributed by atoms with Crippen molar-refractivity contribution in [2.24, 2.45) is 0 Å². The molecule has 1 N–H and O–H groups in total. The molecule has 1 aliphatic heterocycles. The molecule has 1 atom stereocenters. The quantitative estimate of drug-likeness (QED) is 0.795. The molecule has 1 aliphatic rings. The molecular formula is C14H22N2O. The lowest BCUT2D eigenvalue weighted by molar-refractivity contribution is 0.105. The second-order valence-corrected chi connectivity index (χ2v) is 4.76. The van der Waals surface area contributed by atoms with Gasteiger partial charge in [-0.05, 0) is 44.4 Å². The topological polar surface area (TPSA) is 34.1 Å². The molecule has 1 aromatic heterocycles. The van der Waals surface area contributed by atoms with Crippen LogP contribution in [0.4, 0.5) is 0 Å². The van der Waals surface area contributed by atoms with E-state index in [9.17, 15) is 0 Å². The van der Waals surface area contributed by atoms with Crippen LogP contribution in [0.1, 0.15) is 36.9 Å². The summed E-state index contributed by atoms with van der Waals surface area (Å²) in [5.41, 5.74) is 2.27. The second kappa shape index (κ2) is 6.72. The Labute approximate surface area is 104 Å². The Kier molecular flexibility index (Phi) is 4.95. The number of rotatable bonds is 5. The molecule has 0 spiro atoms. The van der Waals surface area contributed by atoms with Crippen molar-refractivity contribution >= 4 is 0 Å². The summed E-state index contributed by atoms with van der Waals surface area (Å²) in [4.78, 5) is 4.32. The first kappa shape index (κ1) is 12.5. The van der Waals surface area contributed by atoms with Crippen molar-refractivity contribution < 1.29 is 4.74 Å². The zero-order valence-corrected chi connectivity index (χ0v) is 10.6. The summed E-state index contributed by atoms with van der Waals surface area (Å²) in [5, 5.41) is 3.53. The standard InChI is InChI=1S/C14H22N2O/c1-12-5-4-9-16-14(12)11-17-10-7-13-6-2-3-8-15-13/h4-5,9,13,15H,2-3,6-8,10-11H2,1H3. The van der Waals surface area contributed by atoms with Crippen LogP contribution < -0.4 is 5.32 Å². The van der Waals surface area contributed by atoms with E-state index in [1.165, 1.54) is 31.4 Å².